The van der Waals surface area contributed by atoms with E-state index in [0.717, 1.165) is 19.3 Å². The van der Waals surface area contributed by atoms with E-state index in [1.807, 2.05) is 0 Å². The number of carbonyl (C=O) groups is 1. The molecule has 1 aromatic heterocycles. The smallest absolute Gasteiger partial charge is 0.336 e. The van der Waals surface area contributed by atoms with Crippen molar-refractivity contribution < 1.29 is 9.18 Å². The predicted molar refractivity (Wildman–Crippen MR) is 73.5 cm³/mol. The molecule has 2 N–H and O–H groups in total. The van der Waals surface area contributed by atoms with Gasteiger partial charge in [-0.15, -0.1) is 0 Å². The Kier molecular flexibility index (Phi) is 6.69. The first-order valence-electron chi connectivity index (χ1n) is 6.86. The van der Waals surface area contributed by atoms with Crippen LogP contribution >= 0.6 is 0 Å². The summed E-state index contributed by atoms with van der Waals surface area (Å²) in [7, 11) is 0. The summed E-state index contributed by atoms with van der Waals surface area (Å²) in [4.78, 5) is 35.5. The molecule has 0 saturated carbocycles. The zero-order valence-electron chi connectivity index (χ0n) is 11.6. The van der Waals surface area contributed by atoms with Gasteiger partial charge >= 0.3 is 11.7 Å². The second-order valence-corrected chi connectivity index (χ2v) is 4.61. The van der Waals surface area contributed by atoms with Crippen LogP contribution in [-0.2, 0) is 0 Å². The maximum atomic E-state index is 13.0. The number of hydrogen-bond acceptors (Lipinski definition) is 3. The van der Waals surface area contributed by atoms with Crippen LogP contribution < -0.4 is 16.6 Å². The van der Waals surface area contributed by atoms with Crippen molar-refractivity contribution in [3.8, 4) is 0 Å². The van der Waals surface area contributed by atoms with Crippen LogP contribution in [-0.4, -0.2) is 22.1 Å². The highest BCUT2D eigenvalue weighted by molar-refractivity contribution is 5.76. The van der Waals surface area contributed by atoms with Gasteiger partial charge in [-0.1, -0.05) is 39.0 Å². The van der Waals surface area contributed by atoms with Gasteiger partial charge in [-0.3, -0.25) is 9.78 Å². The Morgan fingerprint density at radius 2 is 1.90 bits per heavy atom. The van der Waals surface area contributed by atoms with Gasteiger partial charge in [-0.2, -0.15) is 4.39 Å². The summed E-state index contributed by atoms with van der Waals surface area (Å²) >= 11 is 0. The van der Waals surface area contributed by atoms with E-state index in [2.05, 4.69) is 12.2 Å². The SMILES string of the molecule is CCCCCCCCNC(=O)n1cc(F)c(=O)[nH]c1=O. The lowest BCUT2D eigenvalue weighted by Crippen LogP contribution is -2.40. The van der Waals surface area contributed by atoms with Gasteiger partial charge in [0.05, 0.1) is 6.20 Å². The van der Waals surface area contributed by atoms with Crippen molar-refractivity contribution in [3.05, 3.63) is 32.9 Å². The number of nitrogens with zero attached hydrogens (tertiary/aromatic N) is 1. The van der Waals surface area contributed by atoms with Crippen molar-refractivity contribution in [3.63, 3.8) is 0 Å². The van der Waals surface area contributed by atoms with Crippen molar-refractivity contribution in [2.24, 2.45) is 0 Å². The molecule has 0 aromatic carbocycles. The molecule has 0 radical (unpaired) electrons. The van der Waals surface area contributed by atoms with Gasteiger partial charge in [0.1, 0.15) is 0 Å². The van der Waals surface area contributed by atoms with E-state index in [9.17, 15) is 18.8 Å². The highest BCUT2D eigenvalue weighted by Gasteiger charge is 2.09. The fourth-order valence-electron chi connectivity index (χ4n) is 1.78. The molecule has 1 aromatic rings. The van der Waals surface area contributed by atoms with Gasteiger partial charge in [-0.05, 0) is 6.42 Å². The van der Waals surface area contributed by atoms with Gasteiger partial charge in [0.15, 0.2) is 0 Å². The first-order valence-corrected chi connectivity index (χ1v) is 6.86. The molecule has 7 heteroatoms. The number of nitrogens with one attached hydrogen (secondary N) is 2. The Labute approximate surface area is 116 Å². The molecule has 0 atom stereocenters. The van der Waals surface area contributed by atoms with E-state index in [1.165, 1.54) is 19.3 Å². The number of rotatable bonds is 7. The molecule has 0 bridgehead atoms. The lowest BCUT2D eigenvalue weighted by atomic mass is 10.1. The molecule has 6 nitrogen and oxygen atoms in total. The Hall–Kier alpha value is -1.92. The van der Waals surface area contributed by atoms with Gasteiger partial charge in [-0.25, -0.2) is 14.2 Å². The summed E-state index contributed by atoms with van der Waals surface area (Å²) in [6, 6.07) is -0.737. The van der Waals surface area contributed by atoms with Crippen LogP contribution in [0, 0.1) is 5.82 Å². The van der Waals surface area contributed by atoms with E-state index >= 15 is 0 Å². The van der Waals surface area contributed by atoms with E-state index in [1.54, 1.807) is 4.98 Å². The fourth-order valence-corrected chi connectivity index (χ4v) is 1.78. The van der Waals surface area contributed by atoms with Gasteiger partial charge in [0.2, 0.25) is 5.82 Å². The second kappa shape index (κ2) is 8.29. The number of aromatic amines is 1. The minimum absolute atomic E-state index is 0.415. The van der Waals surface area contributed by atoms with E-state index in [0.29, 0.717) is 17.3 Å². The molecule has 1 amide bonds. The first-order chi connectivity index (χ1) is 9.56. The molecule has 0 saturated heterocycles. The molecule has 1 heterocycles. The Bertz CT molecular complexity index is 551. The molecule has 0 unspecified atom stereocenters. The molecule has 0 fully saturated rings. The van der Waals surface area contributed by atoms with Gasteiger partial charge in [0, 0.05) is 6.54 Å². The highest BCUT2D eigenvalue weighted by atomic mass is 19.1. The van der Waals surface area contributed by atoms with Crippen molar-refractivity contribution in [1.29, 1.82) is 0 Å². The Morgan fingerprint density at radius 3 is 2.60 bits per heavy atom. The van der Waals surface area contributed by atoms with Crippen LogP contribution in [0.4, 0.5) is 9.18 Å². The molecular weight excluding hydrogens is 265 g/mol. The summed E-state index contributed by atoms with van der Waals surface area (Å²) in [5, 5.41) is 2.51. The summed E-state index contributed by atoms with van der Waals surface area (Å²) < 4.78 is 13.5. The number of aromatic nitrogens is 2. The number of halogens is 1. The van der Waals surface area contributed by atoms with Crippen LogP contribution in [0.5, 0.6) is 0 Å². The molecule has 112 valence electrons. The van der Waals surface area contributed by atoms with E-state index < -0.39 is 23.1 Å². The first kappa shape index (κ1) is 16.1. The molecule has 0 aliphatic heterocycles. The summed E-state index contributed by atoms with van der Waals surface area (Å²) in [6.45, 7) is 2.55. The zero-order valence-corrected chi connectivity index (χ0v) is 11.6. The minimum Gasteiger partial charge on any atom is -0.337 e. The maximum absolute atomic E-state index is 13.0. The molecule has 1 rings (SSSR count). The van der Waals surface area contributed by atoms with E-state index in [-0.39, 0.29) is 0 Å². The number of carbonyl (C=O) groups excluding carboxylic acids is 1. The lowest BCUT2D eigenvalue weighted by molar-refractivity contribution is 0.240. The van der Waals surface area contributed by atoms with Crippen molar-refractivity contribution in [2.45, 2.75) is 45.4 Å². The molecular formula is C13H20FN3O3. The molecule has 0 aliphatic rings. The number of hydrogen-bond donors (Lipinski definition) is 2. The maximum Gasteiger partial charge on any atom is 0.336 e. The van der Waals surface area contributed by atoms with Crippen molar-refractivity contribution in [1.82, 2.24) is 14.9 Å². The standard InChI is InChI=1S/C13H20FN3O3/c1-2-3-4-5-6-7-8-15-12(19)17-9-10(14)11(18)16-13(17)20/h9H,2-8H2,1H3,(H,15,19)(H,16,18,20). The van der Waals surface area contributed by atoms with Gasteiger partial charge < -0.3 is 5.32 Å². The second-order valence-electron chi connectivity index (χ2n) is 4.61. The molecule has 20 heavy (non-hydrogen) atoms. The fraction of sp³-hybridized carbons (Fsp3) is 0.615. The van der Waals surface area contributed by atoms with Crippen molar-refractivity contribution in [2.75, 3.05) is 6.54 Å². The topological polar surface area (TPSA) is 84.0 Å². The molecule has 0 aliphatic carbocycles. The Morgan fingerprint density at radius 1 is 1.25 bits per heavy atom. The third-order valence-electron chi connectivity index (χ3n) is 2.92. The summed E-state index contributed by atoms with van der Waals surface area (Å²) in [6.07, 6.45) is 7.06. The summed E-state index contributed by atoms with van der Waals surface area (Å²) in [5.74, 6) is -1.17. The summed E-state index contributed by atoms with van der Waals surface area (Å²) in [5.41, 5.74) is -2.08. The van der Waals surface area contributed by atoms with Crippen LogP contribution in [0.15, 0.2) is 15.8 Å². The number of amides is 1. The average molecular weight is 285 g/mol. The third-order valence-corrected chi connectivity index (χ3v) is 2.92. The molecule has 0 spiro atoms. The normalized spacial score (nSPS) is 10.5. The monoisotopic (exact) mass is 285 g/mol. The van der Waals surface area contributed by atoms with Crippen LogP contribution in [0.1, 0.15) is 45.4 Å². The zero-order chi connectivity index (χ0) is 15.0. The van der Waals surface area contributed by atoms with Crippen LogP contribution in [0.25, 0.3) is 0 Å². The Balaban J connectivity index is 2.38. The van der Waals surface area contributed by atoms with Crippen LogP contribution in [0.3, 0.4) is 0 Å². The largest absolute Gasteiger partial charge is 0.337 e. The van der Waals surface area contributed by atoms with E-state index in [4.69, 9.17) is 0 Å². The van der Waals surface area contributed by atoms with Gasteiger partial charge in [0.25, 0.3) is 5.56 Å². The number of H-pyrrole nitrogens is 1. The number of unbranched alkanes of at least 4 members (excludes halogenated alkanes) is 5. The lowest BCUT2D eigenvalue weighted by Gasteiger charge is -2.06. The van der Waals surface area contributed by atoms with Crippen molar-refractivity contribution >= 4 is 6.03 Å². The van der Waals surface area contributed by atoms with Crippen LogP contribution in [0.2, 0.25) is 0 Å². The minimum atomic E-state index is -1.17. The highest BCUT2D eigenvalue weighted by Crippen LogP contribution is 2.03. The third kappa shape index (κ3) is 4.99. The predicted octanol–water partition coefficient (Wildman–Crippen LogP) is 1.59. The quantitative estimate of drug-likeness (QED) is 0.746. The average Bonchev–Trinajstić information content (AvgIpc) is 2.41.